The van der Waals surface area contributed by atoms with Gasteiger partial charge in [0.1, 0.15) is 5.69 Å². The predicted molar refractivity (Wildman–Crippen MR) is 114 cm³/mol. The molecule has 0 aliphatic carbocycles. The van der Waals surface area contributed by atoms with E-state index in [4.69, 9.17) is 0 Å². The number of nitrogens with zero attached hydrogens (tertiary/aromatic N) is 3. The van der Waals surface area contributed by atoms with Gasteiger partial charge in [-0.3, -0.25) is 4.79 Å². The van der Waals surface area contributed by atoms with Gasteiger partial charge in [0, 0.05) is 24.5 Å². The fourth-order valence-corrected chi connectivity index (χ4v) is 3.01. The number of hydrogen-bond acceptors (Lipinski definition) is 4. The van der Waals surface area contributed by atoms with Crippen molar-refractivity contribution in [2.24, 2.45) is 0 Å². The van der Waals surface area contributed by atoms with Gasteiger partial charge in [0.05, 0.1) is 0 Å². The van der Waals surface area contributed by atoms with E-state index in [0.29, 0.717) is 18.2 Å². The van der Waals surface area contributed by atoms with E-state index < -0.39 is 0 Å². The van der Waals surface area contributed by atoms with Crippen LogP contribution in [0.4, 0.5) is 11.6 Å². The average molecular weight is 374 g/mol. The molecule has 1 N–H and O–H groups in total. The van der Waals surface area contributed by atoms with E-state index in [1.807, 2.05) is 42.5 Å². The SMILES string of the molecule is CCc1ccccc1NC(=O)c1ccnc(N(Cc2ccccc2)C(C)C)n1. The van der Waals surface area contributed by atoms with E-state index in [9.17, 15) is 4.79 Å². The number of benzene rings is 2. The second-order valence-electron chi connectivity index (χ2n) is 6.91. The second kappa shape index (κ2) is 9.13. The van der Waals surface area contributed by atoms with Crippen molar-refractivity contribution < 1.29 is 4.79 Å². The smallest absolute Gasteiger partial charge is 0.274 e. The van der Waals surface area contributed by atoms with E-state index in [1.54, 1.807) is 12.3 Å². The van der Waals surface area contributed by atoms with Crippen molar-refractivity contribution in [2.45, 2.75) is 39.8 Å². The Morgan fingerprint density at radius 1 is 1.04 bits per heavy atom. The second-order valence-corrected chi connectivity index (χ2v) is 6.91. The zero-order valence-electron chi connectivity index (χ0n) is 16.6. The van der Waals surface area contributed by atoms with Crippen LogP contribution < -0.4 is 10.2 Å². The number of aryl methyl sites for hydroxylation is 1. The van der Waals surface area contributed by atoms with Crippen LogP contribution in [0, 0.1) is 0 Å². The van der Waals surface area contributed by atoms with Gasteiger partial charge in [-0.25, -0.2) is 9.97 Å². The summed E-state index contributed by atoms with van der Waals surface area (Å²) in [6, 6.07) is 19.8. The Bertz CT molecular complexity index is 925. The molecule has 0 unspecified atom stereocenters. The first-order valence-corrected chi connectivity index (χ1v) is 9.61. The number of anilines is 2. The van der Waals surface area contributed by atoms with Crippen molar-refractivity contribution in [1.29, 1.82) is 0 Å². The van der Waals surface area contributed by atoms with Gasteiger partial charge in [-0.15, -0.1) is 0 Å². The zero-order valence-corrected chi connectivity index (χ0v) is 16.6. The van der Waals surface area contributed by atoms with Gasteiger partial charge < -0.3 is 10.2 Å². The molecule has 0 aliphatic heterocycles. The molecular formula is C23H26N4O. The predicted octanol–water partition coefficient (Wildman–Crippen LogP) is 4.71. The average Bonchev–Trinajstić information content (AvgIpc) is 2.73. The molecule has 0 radical (unpaired) electrons. The lowest BCUT2D eigenvalue weighted by molar-refractivity contribution is 0.102. The summed E-state index contributed by atoms with van der Waals surface area (Å²) in [5.41, 5.74) is 3.44. The number of hydrogen-bond donors (Lipinski definition) is 1. The molecule has 2 aromatic carbocycles. The molecule has 0 bridgehead atoms. The van der Waals surface area contributed by atoms with E-state index in [0.717, 1.165) is 17.7 Å². The highest BCUT2D eigenvalue weighted by Crippen LogP contribution is 2.18. The maximum atomic E-state index is 12.8. The van der Waals surface area contributed by atoms with Gasteiger partial charge in [-0.1, -0.05) is 55.5 Å². The van der Waals surface area contributed by atoms with Crippen LogP contribution in [0.15, 0.2) is 66.9 Å². The molecule has 0 atom stereocenters. The van der Waals surface area contributed by atoms with Gasteiger partial charge in [0.25, 0.3) is 5.91 Å². The van der Waals surface area contributed by atoms with Crippen LogP contribution in [-0.4, -0.2) is 21.9 Å². The van der Waals surface area contributed by atoms with Crippen LogP contribution >= 0.6 is 0 Å². The molecule has 144 valence electrons. The molecule has 0 fully saturated rings. The third-order valence-electron chi connectivity index (χ3n) is 4.60. The minimum absolute atomic E-state index is 0.194. The fourth-order valence-electron chi connectivity index (χ4n) is 3.01. The summed E-state index contributed by atoms with van der Waals surface area (Å²) >= 11 is 0. The van der Waals surface area contributed by atoms with Crippen molar-refractivity contribution in [1.82, 2.24) is 9.97 Å². The number of aromatic nitrogens is 2. The number of amides is 1. The lowest BCUT2D eigenvalue weighted by Gasteiger charge is -2.27. The lowest BCUT2D eigenvalue weighted by Crippen LogP contribution is -2.32. The summed E-state index contributed by atoms with van der Waals surface area (Å²) in [5.74, 6) is 0.322. The minimum Gasteiger partial charge on any atom is -0.334 e. The van der Waals surface area contributed by atoms with Gasteiger partial charge in [-0.2, -0.15) is 0 Å². The van der Waals surface area contributed by atoms with E-state index in [2.05, 4.69) is 53.1 Å². The highest BCUT2D eigenvalue weighted by atomic mass is 16.1. The van der Waals surface area contributed by atoms with Crippen molar-refractivity contribution in [3.05, 3.63) is 83.7 Å². The molecule has 0 saturated heterocycles. The zero-order chi connectivity index (χ0) is 19.9. The van der Waals surface area contributed by atoms with Crippen LogP contribution in [0.3, 0.4) is 0 Å². The van der Waals surface area contributed by atoms with Crippen LogP contribution in [0.2, 0.25) is 0 Å². The van der Waals surface area contributed by atoms with Gasteiger partial charge in [0.15, 0.2) is 0 Å². The number of carbonyl (C=O) groups is 1. The Hall–Kier alpha value is -3.21. The highest BCUT2D eigenvalue weighted by molar-refractivity contribution is 6.03. The summed E-state index contributed by atoms with van der Waals surface area (Å²) in [6.07, 6.45) is 2.49. The monoisotopic (exact) mass is 374 g/mol. The molecule has 1 heterocycles. The Morgan fingerprint density at radius 2 is 1.75 bits per heavy atom. The molecule has 0 saturated carbocycles. The van der Waals surface area contributed by atoms with Crippen LogP contribution in [0.5, 0.6) is 0 Å². The Labute approximate surface area is 166 Å². The summed E-state index contributed by atoms with van der Waals surface area (Å²) in [5, 5.41) is 2.98. The first-order chi connectivity index (χ1) is 13.6. The molecule has 0 spiro atoms. The van der Waals surface area contributed by atoms with Crippen molar-refractivity contribution >= 4 is 17.5 Å². The molecule has 0 aliphatic rings. The Morgan fingerprint density at radius 3 is 2.46 bits per heavy atom. The third kappa shape index (κ3) is 4.74. The summed E-state index contributed by atoms with van der Waals surface area (Å²) in [7, 11) is 0. The largest absolute Gasteiger partial charge is 0.334 e. The molecular weight excluding hydrogens is 348 g/mol. The molecule has 28 heavy (non-hydrogen) atoms. The van der Waals surface area contributed by atoms with Crippen LogP contribution in [0.1, 0.15) is 42.4 Å². The summed E-state index contributed by atoms with van der Waals surface area (Å²) < 4.78 is 0. The van der Waals surface area contributed by atoms with Crippen LogP contribution in [0.25, 0.3) is 0 Å². The van der Waals surface area contributed by atoms with Crippen molar-refractivity contribution in [3.63, 3.8) is 0 Å². The quantitative estimate of drug-likeness (QED) is 0.651. The van der Waals surface area contributed by atoms with Gasteiger partial charge in [0.2, 0.25) is 5.95 Å². The number of nitrogens with one attached hydrogen (secondary N) is 1. The molecule has 1 amide bonds. The van der Waals surface area contributed by atoms with Gasteiger partial charge in [-0.05, 0) is 43.5 Å². The molecule has 3 rings (SSSR count). The summed E-state index contributed by atoms with van der Waals surface area (Å²) in [4.78, 5) is 23.8. The maximum Gasteiger partial charge on any atom is 0.274 e. The van der Waals surface area contributed by atoms with Gasteiger partial charge >= 0.3 is 0 Å². The topological polar surface area (TPSA) is 58.1 Å². The van der Waals surface area contributed by atoms with E-state index in [1.165, 1.54) is 5.56 Å². The van der Waals surface area contributed by atoms with E-state index in [-0.39, 0.29) is 11.9 Å². The van der Waals surface area contributed by atoms with Crippen molar-refractivity contribution in [2.75, 3.05) is 10.2 Å². The molecule has 5 nitrogen and oxygen atoms in total. The first-order valence-electron chi connectivity index (χ1n) is 9.61. The fraction of sp³-hybridized carbons (Fsp3) is 0.261. The molecule has 1 aromatic heterocycles. The number of rotatable bonds is 7. The van der Waals surface area contributed by atoms with Crippen molar-refractivity contribution in [3.8, 4) is 0 Å². The molecule has 3 aromatic rings. The minimum atomic E-state index is -0.229. The van der Waals surface area contributed by atoms with E-state index >= 15 is 0 Å². The van der Waals surface area contributed by atoms with Crippen LogP contribution in [-0.2, 0) is 13.0 Å². The number of para-hydroxylation sites is 1. The maximum absolute atomic E-state index is 12.8. The Balaban J connectivity index is 1.82. The normalized spacial score (nSPS) is 10.7. The highest BCUT2D eigenvalue weighted by Gasteiger charge is 2.17. The molecule has 5 heteroatoms. The standard InChI is InChI=1S/C23H26N4O/c1-4-19-12-8-9-13-20(19)25-22(28)21-14-15-24-23(26-21)27(17(2)3)16-18-10-6-5-7-11-18/h5-15,17H,4,16H2,1-3H3,(H,25,28). The first kappa shape index (κ1) is 19.5. The summed E-state index contributed by atoms with van der Waals surface area (Å²) in [6.45, 7) is 6.94. The lowest BCUT2D eigenvalue weighted by atomic mass is 10.1. The third-order valence-corrected chi connectivity index (χ3v) is 4.60. The Kier molecular flexibility index (Phi) is 6.37. The number of carbonyl (C=O) groups excluding carboxylic acids is 1.